The summed E-state index contributed by atoms with van der Waals surface area (Å²) in [5.41, 5.74) is 2.71. The van der Waals surface area contributed by atoms with Crippen molar-refractivity contribution in [3.05, 3.63) is 48.8 Å². The number of allylic oxidation sites excluding steroid dienone is 1. The van der Waals surface area contributed by atoms with Gasteiger partial charge in [-0.3, -0.25) is 4.68 Å². The maximum absolute atomic E-state index is 11.6. The maximum Gasteiger partial charge on any atom is 0.359 e. The van der Waals surface area contributed by atoms with Crippen LogP contribution in [-0.2, 0) is 11.8 Å². The number of hydrogen-bond acceptors (Lipinski definition) is 4. The molecule has 2 aromatic rings. The largest absolute Gasteiger partial charge is 0.464 e. The molecule has 0 aliphatic heterocycles. The van der Waals surface area contributed by atoms with Crippen LogP contribution in [0.1, 0.15) is 10.5 Å². The molecule has 0 saturated carbocycles. The van der Waals surface area contributed by atoms with Crippen LogP contribution in [0.3, 0.4) is 0 Å². The summed E-state index contributed by atoms with van der Waals surface area (Å²) in [4.78, 5) is 11.6. The highest BCUT2D eigenvalue weighted by molar-refractivity contribution is 6.02. The van der Waals surface area contributed by atoms with E-state index in [0.29, 0.717) is 11.4 Å². The molecule has 19 heavy (non-hydrogen) atoms. The smallest absolute Gasteiger partial charge is 0.359 e. The zero-order valence-corrected chi connectivity index (χ0v) is 10.9. The second-order valence-electron chi connectivity index (χ2n) is 4.05. The molecule has 0 radical (unpaired) electrons. The first-order valence-corrected chi connectivity index (χ1v) is 5.70. The average molecular weight is 257 g/mol. The molecule has 1 aromatic carbocycles. The first-order valence-electron chi connectivity index (χ1n) is 5.70. The van der Waals surface area contributed by atoms with Crippen LogP contribution < -0.4 is 5.32 Å². The highest BCUT2D eigenvalue weighted by atomic mass is 16.5. The number of aryl methyl sites for hydroxylation is 1. The Morgan fingerprint density at radius 1 is 1.53 bits per heavy atom. The van der Waals surface area contributed by atoms with Gasteiger partial charge in [-0.05, 0) is 24.3 Å². The minimum Gasteiger partial charge on any atom is -0.464 e. The van der Waals surface area contributed by atoms with Gasteiger partial charge in [0.2, 0.25) is 0 Å². The van der Waals surface area contributed by atoms with Crippen LogP contribution in [0.25, 0.3) is 10.9 Å². The third kappa shape index (κ3) is 2.35. The Morgan fingerprint density at radius 3 is 2.89 bits per heavy atom. The van der Waals surface area contributed by atoms with E-state index < -0.39 is 5.97 Å². The number of ether oxygens (including phenoxy) is 1. The lowest BCUT2D eigenvalue weighted by Gasteiger charge is -2.05. The highest BCUT2D eigenvalue weighted by Gasteiger charge is 2.16. The fourth-order valence-electron chi connectivity index (χ4n) is 1.82. The third-order valence-electron chi connectivity index (χ3n) is 2.78. The number of carbonyl (C=O) groups excluding carboxylic acids is 1. The molecule has 1 aromatic heterocycles. The van der Waals surface area contributed by atoms with Gasteiger partial charge in [0.1, 0.15) is 0 Å². The SMILES string of the molecule is C=CC(=C)Nc1ccc2c(C(=O)OC)nn(C)c2c1. The van der Waals surface area contributed by atoms with Gasteiger partial charge in [-0.25, -0.2) is 4.79 Å². The van der Waals surface area contributed by atoms with Crippen molar-refractivity contribution < 1.29 is 9.53 Å². The number of aromatic nitrogens is 2. The number of nitrogens with zero attached hydrogens (tertiary/aromatic N) is 2. The Labute approximate surface area is 111 Å². The quantitative estimate of drug-likeness (QED) is 0.675. The van der Waals surface area contributed by atoms with Gasteiger partial charge in [0, 0.05) is 23.8 Å². The molecule has 0 fully saturated rings. The molecule has 0 aliphatic rings. The fourth-order valence-corrected chi connectivity index (χ4v) is 1.82. The lowest BCUT2D eigenvalue weighted by Crippen LogP contribution is -2.03. The Morgan fingerprint density at radius 2 is 2.26 bits per heavy atom. The topological polar surface area (TPSA) is 56.1 Å². The Balaban J connectivity index is 2.50. The summed E-state index contributed by atoms with van der Waals surface area (Å²) in [6, 6.07) is 5.57. The van der Waals surface area contributed by atoms with Gasteiger partial charge < -0.3 is 10.1 Å². The predicted octanol–water partition coefficient (Wildman–Crippen LogP) is 2.47. The number of methoxy groups -OCH3 is 1. The first-order chi connectivity index (χ1) is 9.06. The number of rotatable bonds is 4. The van der Waals surface area contributed by atoms with Gasteiger partial charge in [-0.2, -0.15) is 5.10 Å². The van der Waals surface area contributed by atoms with Crippen LogP contribution in [0.5, 0.6) is 0 Å². The number of esters is 1. The van der Waals surface area contributed by atoms with Gasteiger partial charge in [-0.1, -0.05) is 13.2 Å². The molecule has 98 valence electrons. The van der Waals surface area contributed by atoms with E-state index >= 15 is 0 Å². The molecule has 1 heterocycles. The monoisotopic (exact) mass is 257 g/mol. The molecule has 0 atom stereocenters. The normalized spacial score (nSPS) is 10.2. The van der Waals surface area contributed by atoms with E-state index in [4.69, 9.17) is 4.74 Å². The molecular formula is C14H15N3O2. The molecule has 0 amide bonds. The summed E-state index contributed by atoms with van der Waals surface area (Å²) >= 11 is 0. The molecular weight excluding hydrogens is 242 g/mol. The molecule has 0 spiro atoms. The molecule has 5 heteroatoms. The second-order valence-corrected chi connectivity index (χ2v) is 4.05. The summed E-state index contributed by atoms with van der Waals surface area (Å²) in [6.45, 7) is 7.43. The lowest BCUT2D eigenvalue weighted by atomic mass is 10.2. The molecule has 0 saturated heterocycles. The van der Waals surface area contributed by atoms with Crippen molar-refractivity contribution in [2.45, 2.75) is 0 Å². The summed E-state index contributed by atoms with van der Waals surface area (Å²) < 4.78 is 6.35. The second kappa shape index (κ2) is 4.97. The van der Waals surface area contributed by atoms with Gasteiger partial charge in [-0.15, -0.1) is 0 Å². The van der Waals surface area contributed by atoms with E-state index in [1.54, 1.807) is 17.8 Å². The Hall–Kier alpha value is -2.56. The molecule has 1 N–H and O–H groups in total. The van der Waals surface area contributed by atoms with Crippen LogP contribution in [0.15, 0.2) is 43.1 Å². The standard InChI is InChI=1S/C14H15N3O2/c1-5-9(2)15-10-6-7-11-12(8-10)17(3)16-13(11)14(18)19-4/h5-8,15H,1-2H2,3-4H3. The molecule has 0 unspecified atom stereocenters. The number of benzene rings is 1. The third-order valence-corrected chi connectivity index (χ3v) is 2.78. The summed E-state index contributed by atoms with van der Waals surface area (Å²) in [6.07, 6.45) is 1.63. The van der Waals surface area contributed by atoms with Gasteiger partial charge in [0.05, 0.1) is 12.6 Å². The average Bonchev–Trinajstić information content (AvgIpc) is 2.75. The zero-order chi connectivity index (χ0) is 14.0. The molecule has 2 rings (SSSR count). The van der Waals surface area contributed by atoms with E-state index in [2.05, 4.69) is 23.6 Å². The highest BCUT2D eigenvalue weighted by Crippen LogP contribution is 2.23. The molecule has 0 bridgehead atoms. The van der Waals surface area contributed by atoms with Crippen LogP contribution >= 0.6 is 0 Å². The molecule has 5 nitrogen and oxygen atoms in total. The maximum atomic E-state index is 11.6. The predicted molar refractivity (Wildman–Crippen MR) is 75.0 cm³/mol. The van der Waals surface area contributed by atoms with Crippen molar-refractivity contribution in [1.29, 1.82) is 0 Å². The number of nitrogens with one attached hydrogen (secondary N) is 1. The Bertz CT molecular complexity index is 671. The van der Waals surface area contributed by atoms with Crippen LogP contribution in [0.4, 0.5) is 5.69 Å². The van der Waals surface area contributed by atoms with E-state index in [-0.39, 0.29) is 0 Å². The van der Waals surface area contributed by atoms with E-state index in [9.17, 15) is 4.79 Å². The van der Waals surface area contributed by atoms with Crippen molar-refractivity contribution in [3.8, 4) is 0 Å². The van der Waals surface area contributed by atoms with Crippen molar-refractivity contribution in [2.24, 2.45) is 7.05 Å². The summed E-state index contributed by atoms with van der Waals surface area (Å²) in [7, 11) is 3.12. The number of fused-ring (bicyclic) bond motifs is 1. The van der Waals surface area contributed by atoms with Gasteiger partial charge >= 0.3 is 5.97 Å². The number of carbonyl (C=O) groups is 1. The summed E-state index contributed by atoms with van der Waals surface area (Å²) in [5, 5.41) is 8.02. The van der Waals surface area contributed by atoms with E-state index in [0.717, 1.165) is 16.6 Å². The fraction of sp³-hybridized carbons (Fsp3) is 0.143. The van der Waals surface area contributed by atoms with Crippen molar-refractivity contribution in [2.75, 3.05) is 12.4 Å². The number of hydrogen-bond donors (Lipinski definition) is 1. The van der Waals surface area contributed by atoms with Crippen LogP contribution in [-0.4, -0.2) is 22.9 Å². The Kier molecular flexibility index (Phi) is 3.37. The van der Waals surface area contributed by atoms with Crippen LogP contribution in [0.2, 0.25) is 0 Å². The van der Waals surface area contributed by atoms with E-state index in [1.807, 2.05) is 18.2 Å². The lowest BCUT2D eigenvalue weighted by molar-refractivity contribution is 0.0595. The minimum atomic E-state index is -0.443. The minimum absolute atomic E-state index is 0.314. The first kappa shape index (κ1) is 12.9. The number of anilines is 1. The van der Waals surface area contributed by atoms with Crippen molar-refractivity contribution >= 4 is 22.6 Å². The van der Waals surface area contributed by atoms with Gasteiger partial charge in [0.15, 0.2) is 5.69 Å². The zero-order valence-electron chi connectivity index (χ0n) is 10.9. The van der Waals surface area contributed by atoms with E-state index in [1.165, 1.54) is 7.11 Å². The summed E-state index contributed by atoms with van der Waals surface area (Å²) in [5.74, 6) is -0.443. The van der Waals surface area contributed by atoms with Crippen molar-refractivity contribution in [3.63, 3.8) is 0 Å². The molecule has 0 aliphatic carbocycles. The van der Waals surface area contributed by atoms with Crippen molar-refractivity contribution in [1.82, 2.24) is 9.78 Å². The van der Waals surface area contributed by atoms with Gasteiger partial charge in [0.25, 0.3) is 0 Å². The van der Waals surface area contributed by atoms with Crippen LogP contribution in [0, 0.1) is 0 Å².